The maximum atomic E-state index is 11.8. The number of benzene rings is 1. The van der Waals surface area contributed by atoms with E-state index in [1.165, 1.54) is 0 Å². The second-order valence-corrected chi connectivity index (χ2v) is 4.44. The third-order valence-corrected chi connectivity index (χ3v) is 3.19. The maximum absolute atomic E-state index is 11.8. The molecule has 1 aromatic carbocycles. The van der Waals surface area contributed by atoms with Crippen molar-refractivity contribution >= 4 is 17.4 Å². The molecule has 90 valence electrons. The zero-order valence-corrected chi connectivity index (χ0v) is 10.5. The van der Waals surface area contributed by atoms with Crippen molar-refractivity contribution < 1.29 is 4.79 Å². The van der Waals surface area contributed by atoms with Gasteiger partial charge in [0.15, 0.2) is 0 Å². The van der Waals surface area contributed by atoms with Crippen molar-refractivity contribution in [3.63, 3.8) is 0 Å². The molecule has 2 rings (SSSR count). The summed E-state index contributed by atoms with van der Waals surface area (Å²) in [7, 11) is 0. The molecule has 0 fully saturated rings. The molecule has 0 bridgehead atoms. The van der Waals surface area contributed by atoms with Gasteiger partial charge in [0.2, 0.25) is 0 Å². The van der Waals surface area contributed by atoms with E-state index < -0.39 is 0 Å². The van der Waals surface area contributed by atoms with Gasteiger partial charge in [-0.05, 0) is 36.2 Å². The van der Waals surface area contributed by atoms with E-state index >= 15 is 0 Å². The van der Waals surface area contributed by atoms with Gasteiger partial charge in [0.25, 0.3) is 5.91 Å². The lowest BCUT2D eigenvalue weighted by Gasteiger charge is -2.04. The van der Waals surface area contributed by atoms with Crippen LogP contribution >= 0.6 is 11.5 Å². The zero-order chi connectivity index (χ0) is 13.0. The predicted molar refractivity (Wildman–Crippen MR) is 67.0 cm³/mol. The van der Waals surface area contributed by atoms with Crippen LogP contribution in [0.1, 0.15) is 26.5 Å². The highest BCUT2D eigenvalue weighted by atomic mass is 32.1. The van der Waals surface area contributed by atoms with Crippen LogP contribution in [0.25, 0.3) is 0 Å². The molecule has 0 aliphatic rings. The van der Waals surface area contributed by atoms with E-state index in [0.29, 0.717) is 22.7 Å². The van der Waals surface area contributed by atoms with E-state index in [0.717, 1.165) is 17.1 Å². The van der Waals surface area contributed by atoms with E-state index in [2.05, 4.69) is 21.0 Å². The summed E-state index contributed by atoms with van der Waals surface area (Å²) in [5.74, 6) is -0.190. The first-order valence-electron chi connectivity index (χ1n) is 5.27. The van der Waals surface area contributed by atoms with Crippen LogP contribution < -0.4 is 5.32 Å². The standard InChI is InChI=1S/C12H10N4OS/c1-8-11(18-16-15-8)12(17)14-7-10-4-2-3-9(5-10)6-13/h2-5H,7H2,1H3,(H,14,17). The molecule has 1 amide bonds. The normalized spacial score (nSPS) is 9.78. The lowest BCUT2D eigenvalue weighted by atomic mass is 10.1. The summed E-state index contributed by atoms with van der Waals surface area (Å²) in [6.07, 6.45) is 0. The highest BCUT2D eigenvalue weighted by molar-refractivity contribution is 7.07. The molecular formula is C12H10N4OS. The van der Waals surface area contributed by atoms with Crippen LogP contribution in [-0.4, -0.2) is 15.5 Å². The number of hydrogen-bond acceptors (Lipinski definition) is 5. The van der Waals surface area contributed by atoms with Crippen molar-refractivity contribution in [1.82, 2.24) is 14.9 Å². The molecule has 5 nitrogen and oxygen atoms in total. The van der Waals surface area contributed by atoms with Crippen LogP contribution in [0.2, 0.25) is 0 Å². The van der Waals surface area contributed by atoms with Gasteiger partial charge in [0.05, 0.1) is 17.3 Å². The SMILES string of the molecule is Cc1nnsc1C(=O)NCc1cccc(C#N)c1. The molecule has 0 aliphatic heterocycles. The molecule has 0 unspecified atom stereocenters. The number of nitriles is 1. The zero-order valence-electron chi connectivity index (χ0n) is 9.67. The molecule has 1 N–H and O–H groups in total. The average Bonchev–Trinajstić information content (AvgIpc) is 2.82. The van der Waals surface area contributed by atoms with Crippen molar-refractivity contribution in [3.8, 4) is 6.07 Å². The van der Waals surface area contributed by atoms with Crippen LogP contribution in [0.15, 0.2) is 24.3 Å². The average molecular weight is 258 g/mol. The molecule has 0 radical (unpaired) electrons. The monoisotopic (exact) mass is 258 g/mol. The van der Waals surface area contributed by atoms with Crippen LogP contribution in [0.3, 0.4) is 0 Å². The molecule has 0 atom stereocenters. The first kappa shape index (κ1) is 12.2. The Balaban J connectivity index is 2.02. The topological polar surface area (TPSA) is 78.7 Å². The van der Waals surface area contributed by atoms with E-state index in [9.17, 15) is 4.79 Å². The minimum Gasteiger partial charge on any atom is -0.347 e. The summed E-state index contributed by atoms with van der Waals surface area (Å²) in [6.45, 7) is 2.13. The molecule has 18 heavy (non-hydrogen) atoms. The summed E-state index contributed by atoms with van der Waals surface area (Å²) >= 11 is 1.07. The minimum absolute atomic E-state index is 0.190. The quantitative estimate of drug-likeness (QED) is 0.907. The Hall–Kier alpha value is -2.26. The van der Waals surface area contributed by atoms with Gasteiger partial charge in [-0.3, -0.25) is 4.79 Å². The fraction of sp³-hybridized carbons (Fsp3) is 0.167. The Morgan fingerprint density at radius 3 is 3.06 bits per heavy atom. The van der Waals surface area contributed by atoms with Crippen molar-refractivity contribution in [3.05, 3.63) is 46.0 Å². The van der Waals surface area contributed by atoms with Crippen molar-refractivity contribution in [2.45, 2.75) is 13.5 Å². The number of aryl methyl sites for hydroxylation is 1. The van der Waals surface area contributed by atoms with Crippen molar-refractivity contribution in [2.24, 2.45) is 0 Å². The van der Waals surface area contributed by atoms with Gasteiger partial charge >= 0.3 is 0 Å². The highest BCUT2D eigenvalue weighted by Crippen LogP contribution is 2.09. The lowest BCUT2D eigenvalue weighted by Crippen LogP contribution is -2.22. The summed E-state index contributed by atoms with van der Waals surface area (Å²) < 4.78 is 3.71. The minimum atomic E-state index is -0.190. The van der Waals surface area contributed by atoms with Crippen LogP contribution in [-0.2, 0) is 6.54 Å². The summed E-state index contributed by atoms with van der Waals surface area (Å²) in [5.41, 5.74) is 2.10. The second-order valence-electron chi connectivity index (χ2n) is 3.68. The number of amides is 1. The lowest BCUT2D eigenvalue weighted by molar-refractivity contribution is 0.0954. The Labute approximate surface area is 108 Å². The van der Waals surface area contributed by atoms with Gasteiger partial charge in [-0.25, -0.2) is 0 Å². The van der Waals surface area contributed by atoms with Crippen LogP contribution in [0, 0.1) is 18.3 Å². The Bertz CT molecular complexity index is 615. The molecule has 0 saturated carbocycles. The third kappa shape index (κ3) is 2.70. The maximum Gasteiger partial charge on any atom is 0.265 e. The Morgan fingerprint density at radius 1 is 1.56 bits per heavy atom. The number of nitrogens with zero attached hydrogens (tertiary/aromatic N) is 3. The second kappa shape index (κ2) is 5.38. The molecule has 1 aromatic heterocycles. The van der Waals surface area contributed by atoms with E-state index in [1.807, 2.05) is 6.07 Å². The van der Waals surface area contributed by atoms with Gasteiger partial charge < -0.3 is 5.32 Å². The molecule has 0 aliphatic carbocycles. The van der Waals surface area contributed by atoms with Crippen LogP contribution in [0.5, 0.6) is 0 Å². The molecule has 1 heterocycles. The number of carbonyl (C=O) groups is 1. The van der Waals surface area contributed by atoms with Crippen molar-refractivity contribution in [2.75, 3.05) is 0 Å². The largest absolute Gasteiger partial charge is 0.347 e. The molecule has 0 saturated heterocycles. The third-order valence-electron chi connectivity index (χ3n) is 2.37. The first-order chi connectivity index (χ1) is 8.70. The Kier molecular flexibility index (Phi) is 3.65. The van der Waals surface area contributed by atoms with Gasteiger partial charge in [0, 0.05) is 6.54 Å². The predicted octanol–water partition coefficient (Wildman–Crippen LogP) is 1.65. The van der Waals surface area contributed by atoms with E-state index in [1.54, 1.807) is 25.1 Å². The fourth-order valence-electron chi connectivity index (χ4n) is 1.45. The van der Waals surface area contributed by atoms with Gasteiger partial charge in [-0.15, -0.1) is 5.10 Å². The number of hydrogen-bond donors (Lipinski definition) is 1. The number of nitrogens with one attached hydrogen (secondary N) is 1. The summed E-state index contributed by atoms with van der Waals surface area (Å²) in [6, 6.07) is 9.19. The van der Waals surface area contributed by atoms with Gasteiger partial charge in [-0.1, -0.05) is 16.6 Å². The molecular weight excluding hydrogens is 248 g/mol. The van der Waals surface area contributed by atoms with Crippen molar-refractivity contribution in [1.29, 1.82) is 5.26 Å². The summed E-state index contributed by atoms with van der Waals surface area (Å²) in [5, 5.41) is 15.3. The fourth-order valence-corrected chi connectivity index (χ4v) is 2.03. The van der Waals surface area contributed by atoms with Crippen LogP contribution in [0.4, 0.5) is 0 Å². The summed E-state index contributed by atoms with van der Waals surface area (Å²) in [4.78, 5) is 12.3. The van der Waals surface area contributed by atoms with E-state index in [4.69, 9.17) is 5.26 Å². The van der Waals surface area contributed by atoms with Gasteiger partial charge in [-0.2, -0.15) is 5.26 Å². The molecule has 2 aromatic rings. The first-order valence-corrected chi connectivity index (χ1v) is 6.04. The van der Waals surface area contributed by atoms with Gasteiger partial charge in [0.1, 0.15) is 4.88 Å². The smallest absolute Gasteiger partial charge is 0.265 e. The molecule has 0 spiro atoms. The number of rotatable bonds is 3. The number of carbonyl (C=O) groups excluding carboxylic acids is 1. The van der Waals surface area contributed by atoms with E-state index in [-0.39, 0.29) is 5.91 Å². The number of aromatic nitrogens is 2. The molecule has 6 heteroatoms. The Morgan fingerprint density at radius 2 is 2.39 bits per heavy atom. The highest BCUT2D eigenvalue weighted by Gasteiger charge is 2.12.